The van der Waals surface area contributed by atoms with E-state index in [0.29, 0.717) is 6.42 Å². The Balaban J connectivity index is 2.85. The lowest BCUT2D eigenvalue weighted by molar-refractivity contribution is 0.0515. The van der Waals surface area contributed by atoms with Crippen LogP contribution in [0, 0.1) is 0 Å². The number of oxime groups is 1. The number of amidine groups is 1. The monoisotopic (exact) mass is 351 g/mol. The molecule has 0 bridgehead atoms. The van der Waals surface area contributed by atoms with Crippen LogP contribution in [0.2, 0.25) is 0 Å². The third-order valence-corrected chi connectivity index (χ3v) is 3.27. The highest BCUT2D eigenvalue weighted by Crippen LogP contribution is 2.10. The van der Waals surface area contributed by atoms with Crippen LogP contribution in [0.4, 0.5) is 4.79 Å². The number of amides is 1. The normalized spacial score (nSPS) is 13.2. The van der Waals surface area contributed by atoms with E-state index in [1.54, 1.807) is 20.8 Å². The fourth-order valence-electron chi connectivity index (χ4n) is 2.05. The molecule has 140 valence electrons. The number of nitrogens with two attached hydrogens (primary N) is 1. The molecule has 0 unspecified atom stereocenters. The fourth-order valence-corrected chi connectivity index (χ4v) is 2.05. The summed E-state index contributed by atoms with van der Waals surface area (Å²) in [6.07, 6.45) is 0.822. The molecule has 1 aromatic carbocycles. The van der Waals surface area contributed by atoms with Gasteiger partial charge in [-0.25, -0.2) is 4.79 Å². The Morgan fingerprint density at radius 3 is 2.40 bits per heavy atom. The van der Waals surface area contributed by atoms with Gasteiger partial charge in [0.25, 0.3) is 0 Å². The van der Waals surface area contributed by atoms with E-state index in [4.69, 9.17) is 20.4 Å². The van der Waals surface area contributed by atoms with Gasteiger partial charge in [0, 0.05) is 6.42 Å². The SMILES string of the molecule is CCc1ccc(C[C@H](NC(=O)OC(C)(C)C)/C(N)=N/OCCO)cc1. The smallest absolute Gasteiger partial charge is 0.408 e. The van der Waals surface area contributed by atoms with Crippen molar-refractivity contribution in [1.82, 2.24) is 5.32 Å². The van der Waals surface area contributed by atoms with Crippen LogP contribution >= 0.6 is 0 Å². The van der Waals surface area contributed by atoms with Crippen LogP contribution in [-0.2, 0) is 22.4 Å². The second-order valence-corrected chi connectivity index (χ2v) is 6.65. The zero-order valence-corrected chi connectivity index (χ0v) is 15.4. The number of nitrogens with zero attached hydrogens (tertiary/aromatic N) is 1. The number of benzene rings is 1. The van der Waals surface area contributed by atoms with Gasteiger partial charge in [0.1, 0.15) is 12.2 Å². The molecule has 0 spiro atoms. The summed E-state index contributed by atoms with van der Waals surface area (Å²) in [6.45, 7) is 7.31. The summed E-state index contributed by atoms with van der Waals surface area (Å²) in [5, 5.41) is 15.2. The number of aliphatic hydroxyl groups is 1. The minimum Gasteiger partial charge on any atom is -0.444 e. The highest BCUT2D eigenvalue weighted by atomic mass is 16.6. The molecule has 0 aliphatic carbocycles. The molecule has 0 fully saturated rings. The van der Waals surface area contributed by atoms with Crippen molar-refractivity contribution in [2.24, 2.45) is 10.9 Å². The molecule has 0 aliphatic heterocycles. The third kappa shape index (κ3) is 8.39. The van der Waals surface area contributed by atoms with Crippen molar-refractivity contribution >= 4 is 11.9 Å². The van der Waals surface area contributed by atoms with E-state index in [1.807, 2.05) is 24.3 Å². The molecule has 1 rings (SSSR count). The summed E-state index contributed by atoms with van der Waals surface area (Å²) < 4.78 is 5.28. The molecular weight excluding hydrogens is 322 g/mol. The number of aryl methyl sites for hydroxylation is 1. The van der Waals surface area contributed by atoms with Gasteiger partial charge in [0.15, 0.2) is 5.84 Å². The number of nitrogens with one attached hydrogen (secondary N) is 1. The molecule has 0 aromatic heterocycles. The van der Waals surface area contributed by atoms with E-state index in [9.17, 15) is 4.79 Å². The number of aliphatic hydroxyl groups excluding tert-OH is 1. The van der Waals surface area contributed by atoms with Crippen LogP contribution in [0.5, 0.6) is 0 Å². The highest BCUT2D eigenvalue weighted by Gasteiger charge is 2.22. The molecule has 0 heterocycles. The average Bonchev–Trinajstić information content (AvgIpc) is 2.53. The van der Waals surface area contributed by atoms with E-state index >= 15 is 0 Å². The average molecular weight is 351 g/mol. The highest BCUT2D eigenvalue weighted by molar-refractivity contribution is 5.88. The maximum atomic E-state index is 12.1. The lowest BCUT2D eigenvalue weighted by atomic mass is 10.0. The largest absolute Gasteiger partial charge is 0.444 e. The number of rotatable bonds is 8. The summed E-state index contributed by atoms with van der Waals surface area (Å²) in [5.74, 6) is 0.110. The number of ether oxygens (including phenoxy) is 1. The number of alkyl carbamates (subject to hydrolysis) is 1. The number of carbonyl (C=O) groups excluding carboxylic acids is 1. The first kappa shape index (κ1) is 20.8. The summed E-state index contributed by atoms with van der Waals surface area (Å²) in [6, 6.07) is 7.47. The lowest BCUT2D eigenvalue weighted by Crippen LogP contribution is -2.47. The standard InChI is InChI=1S/C18H29N3O4/c1-5-13-6-8-14(9-7-13)12-15(16(19)21-24-11-10-22)20-17(23)25-18(2,3)4/h6-9,15,22H,5,10-12H2,1-4H3,(H2,19,21)(H,20,23)/t15-/m0/s1. The van der Waals surface area contributed by atoms with E-state index in [0.717, 1.165) is 12.0 Å². The van der Waals surface area contributed by atoms with Gasteiger partial charge in [-0.05, 0) is 38.3 Å². The molecule has 25 heavy (non-hydrogen) atoms. The quantitative estimate of drug-likeness (QED) is 0.287. The van der Waals surface area contributed by atoms with Gasteiger partial charge < -0.3 is 25.7 Å². The Morgan fingerprint density at radius 2 is 1.88 bits per heavy atom. The Bertz CT molecular complexity index is 565. The van der Waals surface area contributed by atoms with Crippen molar-refractivity contribution in [2.75, 3.05) is 13.2 Å². The van der Waals surface area contributed by atoms with E-state index in [2.05, 4.69) is 17.4 Å². The molecule has 0 radical (unpaired) electrons. The van der Waals surface area contributed by atoms with Crippen LogP contribution in [0.3, 0.4) is 0 Å². The van der Waals surface area contributed by atoms with Crippen LogP contribution < -0.4 is 11.1 Å². The number of hydrogen-bond acceptors (Lipinski definition) is 5. The van der Waals surface area contributed by atoms with E-state index < -0.39 is 17.7 Å². The zero-order chi connectivity index (χ0) is 18.9. The van der Waals surface area contributed by atoms with E-state index in [-0.39, 0.29) is 19.0 Å². The van der Waals surface area contributed by atoms with Gasteiger partial charge in [-0.3, -0.25) is 0 Å². The Morgan fingerprint density at radius 1 is 1.28 bits per heavy atom. The summed E-state index contributed by atoms with van der Waals surface area (Å²) in [5.41, 5.74) is 7.56. The molecule has 0 aliphatic rings. The van der Waals surface area contributed by atoms with Crippen LogP contribution in [-0.4, -0.2) is 41.9 Å². The van der Waals surface area contributed by atoms with Crippen LogP contribution in [0.25, 0.3) is 0 Å². The zero-order valence-electron chi connectivity index (χ0n) is 15.4. The predicted molar refractivity (Wildman–Crippen MR) is 97.3 cm³/mol. The van der Waals surface area contributed by atoms with Gasteiger partial charge in [-0.2, -0.15) is 0 Å². The first-order chi connectivity index (χ1) is 11.7. The lowest BCUT2D eigenvalue weighted by Gasteiger charge is -2.23. The number of carbonyl (C=O) groups is 1. The van der Waals surface area contributed by atoms with Crippen molar-refractivity contribution < 1.29 is 19.5 Å². The minimum absolute atomic E-state index is 0.0328. The predicted octanol–water partition coefficient (Wildman–Crippen LogP) is 1.97. The maximum Gasteiger partial charge on any atom is 0.408 e. The Kier molecular flexibility index (Phi) is 8.21. The molecule has 7 heteroatoms. The third-order valence-electron chi connectivity index (χ3n) is 3.27. The first-order valence-electron chi connectivity index (χ1n) is 8.38. The fraction of sp³-hybridized carbons (Fsp3) is 0.556. The van der Waals surface area contributed by atoms with Crippen molar-refractivity contribution in [3.05, 3.63) is 35.4 Å². The minimum atomic E-state index is -0.614. The van der Waals surface area contributed by atoms with Crippen LogP contribution in [0.1, 0.15) is 38.8 Å². The van der Waals surface area contributed by atoms with Crippen molar-refractivity contribution in [3.8, 4) is 0 Å². The molecular formula is C18H29N3O4. The topological polar surface area (TPSA) is 106 Å². The van der Waals surface area contributed by atoms with Crippen LogP contribution in [0.15, 0.2) is 29.4 Å². The number of hydrogen-bond donors (Lipinski definition) is 3. The molecule has 4 N–H and O–H groups in total. The molecule has 0 saturated heterocycles. The van der Waals surface area contributed by atoms with Crippen molar-refractivity contribution in [3.63, 3.8) is 0 Å². The Hall–Kier alpha value is -2.28. The molecule has 1 aromatic rings. The molecule has 7 nitrogen and oxygen atoms in total. The van der Waals surface area contributed by atoms with Gasteiger partial charge in [-0.1, -0.05) is 36.3 Å². The summed E-state index contributed by atoms with van der Waals surface area (Å²) in [4.78, 5) is 17.0. The maximum absolute atomic E-state index is 12.1. The van der Waals surface area contributed by atoms with Gasteiger partial charge in [0.05, 0.1) is 12.6 Å². The Labute approximate surface area is 149 Å². The summed E-state index contributed by atoms with van der Waals surface area (Å²) in [7, 11) is 0. The van der Waals surface area contributed by atoms with Gasteiger partial charge in [-0.15, -0.1) is 0 Å². The van der Waals surface area contributed by atoms with Gasteiger partial charge >= 0.3 is 6.09 Å². The van der Waals surface area contributed by atoms with Gasteiger partial charge in [0.2, 0.25) is 0 Å². The van der Waals surface area contributed by atoms with Crippen molar-refractivity contribution in [1.29, 1.82) is 0 Å². The molecule has 1 amide bonds. The second kappa shape index (κ2) is 9.88. The summed E-state index contributed by atoms with van der Waals surface area (Å²) >= 11 is 0. The van der Waals surface area contributed by atoms with E-state index in [1.165, 1.54) is 5.56 Å². The van der Waals surface area contributed by atoms with Crippen molar-refractivity contribution in [2.45, 2.75) is 52.2 Å². The first-order valence-corrected chi connectivity index (χ1v) is 8.38. The molecule has 1 atom stereocenters. The second-order valence-electron chi connectivity index (χ2n) is 6.65. The molecule has 0 saturated carbocycles.